The highest BCUT2D eigenvalue weighted by atomic mass is 31.2. The summed E-state index contributed by atoms with van der Waals surface area (Å²) in [6, 6.07) is -1.49. The Bertz CT molecular complexity index is 1100. The molecule has 3 atom stereocenters. The quantitative estimate of drug-likeness (QED) is 0.0179. The number of aliphatic carboxylic acids is 1. The van der Waals surface area contributed by atoms with E-state index in [1.165, 1.54) is 89.9 Å². The molecule has 0 aliphatic carbocycles. The van der Waals surface area contributed by atoms with Crippen LogP contribution in [0.1, 0.15) is 174 Å². The van der Waals surface area contributed by atoms with Crippen LogP contribution in [0, 0.1) is 0 Å². The highest BCUT2D eigenvalue weighted by Crippen LogP contribution is 2.43. The molecule has 1 unspecified atom stereocenters. The van der Waals surface area contributed by atoms with Crippen molar-refractivity contribution in [1.29, 1.82) is 0 Å². The summed E-state index contributed by atoms with van der Waals surface area (Å²) < 4.78 is 33.0. The molecule has 0 saturated carbocycles. The van der Waals surface area contributed by atoms with E-state index in [4.69, 9.17) is 24.8 Å². The number of nitrogens with two attached hydrogens (primary N) is 1. The third kappa shape index (κ3) is 39.5. The van der Waals surface area contributed by atoms with Gasteiger partial charge in [0.15, 0.2) is 6.10 Å². The molecule has 10 nitrogen and oxygen atoms in total. The summed E-state index contributed by atoms with van der Waals surface area (Å²) in [5.74, 6) is -1.85. The Morgan fingerprint density at radius 1 is 0.600 bits per heavy atom. The molecule has 318 valence electrons. The molecule has 0 amide bonds. The molecule has 0 aromatic carbocycles. The van der Waals surface area contributed by atoms with Crippen LogP contribution >= 0.6 is 7.82 Å². The van der Waals surface area contributed by atoms with Crippen LogP contribution in [-0.4, -0.2) is 53.9 Å². The third-order valence-electron chi connectivity index (χ3n) is 8.88. The molecular formula is C44H78NO9P. The van der Waals surface area contributed by atoms with Gasteiger partial charge in [-0.3, -0.25) is 18.6 Å². The van der Waals surface area contributed by atoms with E-state index in [1.54, 1.807) is 6.26 Å². The Morgan fingerprint density at radius 2 is 1.05 bits per heavy atom. The largest absolute Gasteiger partial charge is 0.498 e. The Labute approximate surface area is 334 Å². The summed E-state index contributed by atoms with van der Waals surface area (Å²) in [6.07, 6.45) is 48.0. The second-order valence-electron chi connectivity index (χ2n) is 14.2. The second-order valence-corrected chi connectivity index (χ2v) is 15.6. The molecule has 55 heavy (non-hydrogen) atoms. The number of rotatable bonds is 40. The molecule has 0 aliphatic rings. The average Bonchev–Trinajstić information content (AvgIpc) is 3.16. The van der Waals surface area contributed by atoms with Gasteiger partial charge in [0.05, 0.1) is 19.5 Å². The number of carboxylic acids is 1. The van der Waals surface area contributed by atoms with Crippen molar-refractivity contribution in [3.63, 3.8) is 0 Å². The van der Waals surface area contributed by atoms with Crippen molar-refractivity contribution in [1.82, 2.24) is 0 Å². The van der Waals surface area contributed by atoms with Gasteiger partial charge in [-0.05, 0) is 63.9 Å². The minimum absolute atomic E-state index is 0.0855. The molecule has 0 fully saturated rings. The van der Waals surface area contributed by atoms with E-state index in [9.17, 15) is 19.0 Å². The molecule has 0 aliphatic heterocycles. The van der Waals surface area contributed by atoms with Gasteiger partial charge in [-0.25, -0.2) is 4.57 Å². The van der Waals surface area contributed by atoms with Gasteiger partial charge < -0.3 is 25.2 Å². The molecule has 0 spiro atoms. The molecule has 0 aromatic heterocycles. The lowest BCUT2D eigenvalue weighted by atomic mass is 10.0. The summed E-state index contributed by atoms with van der Waals surface area (Å²) in [5.41, 5.74) is 5.34. The Hall–Kier alpha value is -2.49. The standard InChI is InChI=1S/C44H78NO9P/c1-3-5-7-9-11-13-15-17-19-20-21-23-25-27-29-31-33-35-37-51-38-41(39-52-55(49,50)53-40-42(45)44(47)48)54-43(46)36-34-32-30-28-26-24-22-18-16-14-12-10-8-6-4-2/h6,8,12,14,18,22,26,28,35,37,41-42H,3-5,7,9-11,13,15-17,19-21,23-25,27,29-34,36,38-40,45H2,1-2H3,(H,47,48)(H,49,50)/b8-6-,14-12-,22-18-,28-26-,37-35-/t41-,42+/m1/s1. The van der Waals surface area contributed by atoms with Crippen LogP contribution in [0.2, 0.25) is 0 Å². The van der Waals surface area contributed by atoms with Crippen LogP contribution in [0.25, 0.3) is 0 Å². The number of hydrogen-bond donors (Lipinski definition) is 3. The van der Waals surface area contributed by atoms with E-state index in [-0.39, 0.29) is 13.0 Å². The molecular weight excluding hydrogens is 717 g/mol. The summed E-state index contributed by atoms with van der Waals surface area (Å²) in [7, 11) is -4.64. The van der Waals surface area contributed by atoms with Gasteiger partial charge in [0.1, 0.15) is 12.6 Å². The number of allylic oxidation sites excluding steroid dienone is 9. The number of carbonyl (C=O) groups excluding carboxylic acids is 1. The predicted octanol–water partition coefficient (Wildman–Crippen LogP) is 12.0. The zero-order valence-corrected chi connectivity index (χ0v) is 35.4. The van der Waals surface area contributed by atoms with Crippen molar-refractivity contribution >= 4 is 19.8 Å². The number of hydrogen-bond acceptors (Lipinski definition) is 8. The zero-order valence-electron chi connectivity index (χ0n) is 34.5. The van der Waals surface area contributed by atoms with Crippen LogP contribution in [-0.2, 0) is 32.7 Å². The van der Waals surface area contributed by atoms with E-state index >= 15 is 0 Å². The maximum atomic E-state index is 12.6. The van der Waals surface area contributed by atoms with Crippen molar-refractivity contribution in [3.05, 3.63) is 60.9 Å². The van der Waals surface area contributed by atoms with Gasteiger partial charge in [0.2, 0.25) is 0 Å². The van der Waals surface area contributed by atoms with Gasteiger partial charge in [-0.2, -0.15) is 0 Å². The maximum absolute atomic E-state index is 12.6. The van der Waals surface area contributed by atoms with Crippen LogP contribution in [0.15, 0.2) is 60.9 Å². The van der Waals surface area contributed by atoms with Crippen LogP contribution in [0.4, 0.5) is 0 Å². The molecule has 0 bridgehead atoms. The number of esters is 1. The minimum atomic E-state index is -4.64. The van der Waals surface area contributed by atoms with E-state index in [2.05, 4.69) is 67.0 Å². The second kappa shape index (κ2) is 39.7. The SMILES string of the molecule is CC/C=C\C/C=C\C/C=C\C/C=C\CCCCC(=O)O[C@H](CO/C=C\CCCCCCCCCCCCCCCCCC)COP(=O)(O)OC[C@H](N)C(=O)O. The minimum Gasteiger partial charge on any atom is -0.498 e. The van der Waals surface area contributed by atoms with E-state index < -0.39 is 45.1 Å². The number of carboxylic acid groups (broad SMARTS) is 1. The van der Waals surface area contributed by atoms with Crippen LogP contribution in [0.3, 0.4) is 0 Å². The Balaban J connectivity index is 4.35. The smallest absolute Gasteiger partial charge is 0.472 e. The number of phosphoric acid groups is 1. The molecule has 0 aromatic rings. The third-order valence-corrected chi connectivity index (χ3v) is 9.83. The zero-order chi connectivity index (χ0) is 40.5. The number of carbonyl (C=O) groups is 2. The molecule has 0 radical (unpaired) electrons. The van der Waals surface area contributed by atoms with Crippen molar-refractivity contribution in [3.8, 4) is 0 Å². The average molecular weight is 796 g/mol. The molecule has 0 rings (SSSR count). The summed E-state index contributed by atoms with van der Waals surface area (Å²) >= 11 is 0. The molecule has 0 saturated heterocycles. The summed E-state index contributed by atoms with van der Waals surface area (Å²) in [4.78, 5) is 33.5. The molecule has 4 N–H and O–H groups in total. The number of unbranched alkanes of at least 4 members (excludes halogenated alkanes) is 18. The van der Waals surface area contributed by atoms with Gasteiger partial charge in [0, 0.05) is 6.42 Å². The predicted molar refractivity (Wildman–Crippen MR) is 226 cm³/mol. The van der Waals surface area contributed by atoms with Crippen LogP contribution in [0.5, 0.6) is 0 Å². The first kappa shape index (κ1) is 52.5. The topological polar surface area (TPSA) is 155 Å². The van der Waals surface area contributed by atoms with E-state index in [1.807, 2.05) is 6.08 Å². The number of ether oxygens (including phenoxy) is 2. The summed E-state index contributed by atoms with van der Waals surface area (Å²) in [5, 5.41) is 8.88. The summed E-state index contributed by atoms with van der Waals surface area (Å²) in [6.45, 7) is 3.11. The Morgan fingerprint density at radius 3 is 1.58 bits per heavy atom. The number of phosphoric ester groups is 1. The van der Waals surface area contributed by atoms with Gasteiger partial charge in [-0.15, -0.1) is 0 Å². The first-order chi connectivity index (χ1) is 26.7. The first-order valence-electron chi connectivity index (χ1n) is 21.4. The van der Waals surface area contributed by atoms with Crippen LogP contribution < -0.4 is 5.73 Å². The van der Waals surface area contributed by atoms with Gasteiger partial charge in [0.25, 0.3) is 0 Å². The fraction of sp³-hybridized carbons (Fsp3) is 0.727. The highest BCUT2D eigenvalue weighted by molar-refractivity contribution is 7.47. The highest BCUT2D eigenvalue weighted by Gasteiger charge is 2.27. The van der Waals surface area contributed by atoms with Crippen molar-refractivity contribution in [2.45, 2.75) is 187 Å². The first-order valence-corrected chi connectivity index (χ1v) is 22.9. The molecule has 11 heteroatoms. The van der Waals surface area contributed by atoms with Crippen molar-refractivity contribution in [2.24, 2.45) is 5.73 Å². The van der Waals surface area contributed by atoms with E-state index in [0.717, 1.165) is 57.8 Å². The van der Waals surface area contributed by atoms with Gasteiger partial charge >= 0.3 is 19.8 Å². The fourth-order valence-corrected chi connectivity index (χ4v) is 6.34. The van der Waals surface area contributed by atoms with Crippen molar-refractivity contribution in [2.75, 3.05) is 19.8 Å². The lowest BCUT2D eigenvalue weighted by Crippen LogP contribution is -2.34. The normalized spacial score (nSPS) is 14.5. The van der Waals surface area contributed by atoms with Gasteiger partial charge in [-0.1, -0.05) is 159 Å². The Kier molecular flexibility index (Phi) is 37.9. The monoisotopic (exact) mass is 796 g/mol. The maximum Gasteiger partial charge on any atom is 0.472 e. The fourth-order valence-electron chi connectivity index (χ4n) is 5.56. The molecule has 0 heterocycles. The lowest BCUT2D eigenvalue weighted by molar-refractivity contribution is -0.153. The lowest BCUT2D eigenvalue weighted by Gasteiger charge is -2.20. The van der Waals surface area contributed by atoms with Crippen molar-refractivity contribution < 1.29 is 42.7 Å². The van der Waals surface area contributed by atoms with E-state index in [0.29, 0.717) is 6.42 Å².